The Balaban J connectivity index is 1.94. The molecule has 0 unspecified atom stereocenters. The number of anilines is 1. The second-order valence-corrected chi connectivity index (χ2v) is 5.36. The van der Waals surface area contributed by atoms with Crippen LogP contribution in [0.25, 0.3) is 0 Å². The maximum absolute atomic E-state index is 10.7. The summed E-state index contributed by atoms with van der Waals surface area (Å²) in [6.07, 6.45) is 2.30. The summed E-state index contributed by atoms with van der Waals surface area (Å²) in [6.45, 7) is 6.32. The molecule has 1 N–H and O–H groups in total. The molecule has 0 aliphatic carbocycles. The quantitative estimate of drug-likeness (QED) is 0.665. The fourth-order valence-electron chi connectivity index (χ4n) is 2.65. The Labute approximate surface area is 124 Å². The highest BCUT2D eigenvalue weighted by Crippen LogP contribution is 2.23. The normalized spacial score (nSPS) is 16.4. The fourth-order valence-corrected chi connectivity index (χ4v) is 2.65. The van der Waals surface area contributed by atoms with Crippen molar-refractivity contribution in [3.8, 4) is 6.07 Å². The van der Waals surface area contributed by atoms with Crippen molar-refractivity contribution in [3.05, 3.63) is 33.9 Å². The van der Waals surface area contributed by atoms with Crippen LogP contribution in [0.3, 0.4) is 0 Å². The number of likely N-dealkylation sites (tertiary alicyclic amines) is 1. The zero-order chi connectivity index (χ0) is 15.2. The van der Waals surface area contributed by atoms with Crippen molar-refractivity contribution in [2.24, 2.45) is 5.92 Å². The van der Waals surface area contributed by atoms with Gasteiger partial charge in [0.25, 0.3) is 5.69 Å². The van der Waals surface area contributed by atoms with Crippen LogP contribution in [0.1, 0.15) is 25.3 Å². The van der Waals surface area contributed by atoms with Gasteiger partial charge in [0.1, 0.15) is 6.07 Å². The van der Waals surface area contributed by atoms with Gasteiger partial charge in [-0.25, -0.2) is 0 Å². The number of benzene rings is 1. The molecular weight excluding hydrogens is 268 g/mol. The first-order valence-electron chi connectivity index (χ1n) is 7.28. The molecule has 112 valence electrons. The van der Waals surface area contributed by atoms with E-state index in [0.717, 1.165) is 39.0 Å². The number of hydrogen-bond acceptors (Lipinski definition) is 5. The van der Waals surface area contributed by atoms with Crippen molar-refractivity contribution in [1.29, 1.82) is 5.26 Å². The average Bonchev–Trinajstić information content (AvgIpc) is 2.53. The second kappa shape index (κ2) is 7.04. The molecule has 0 bridgehead atoms. The molecule has 1 aliphatic rings. The predicted molar refractivity (Wildman–Crippen MR) is 81.1 cm³/mol. The predicted octanol–water partition coefficient (Wildman–Crippen LogP) is 2.61. The molecule has 0 aromatic heterocycles. The van der Waals surface area contributed by atoms with Gasteiger partial charge < -0.3 is 10.2 Å². The van der Waals surface area contributed by atoms with E-state index in [1.807, 2.05) is 6.07 Å². The van der Waals surface area contributed by atoms with Crippen LogP contribution >= 0.6 is 0 Å². The summed E-state index contributed by atoms with van der Waals surface area (Å²) < 4.78 is 0. The first-order valence-corrected chi connectivity index (χ1v) is 7.28. The molecule has 0 spiro atoms. The van der Waals surface area contributed by atoms with Crippen LogP contribution in [0.4, 0.5) is 11.4 Å². The molecule has 0 radical (unpaired) electrons. The Morgan fingerprint density at radius 2 is 2.19 bits per heavy atom. The van der Waals surface area contributed by atoms with Gasteiger partial charge in [0.15, 0.2) is 0 Å². The van der Waals surface area contributed by atoms with Crippen LogP contribution in [-0.2, 0) is 0 Å². The van der Waals surface area contributed by atoms with E-state index < -0.39 is 4.92 Å². The van der Waals surface area contributed by atoms with Crippen LogP contribution in [-0.4, -0.2) is 36.0 Å². The smallest absolute Gasteiger partial charge is 0.270 e. The molecule has 1 aliphatic heterocycles. The number of rotatable bonds is 5. The number of nitro groups is 1. The summed E-state index contributed by atoms with van der Waals surface area (Å²) in [4.78, 5) is 12.7. The fraction of sp³-hybridized carbons (Fsp3) is 0.533. The van der Waals surface area contributed by atoms with Crippen LogP contribution in [0.2, 0.25) is 0 Å². The molecule has 0 amide bonds. The Morgan fingerprint density at radius 1 is 1.48 bits per heavy atom. The van der Waals surface area contributed by atoms with Crippen LogP contribution in [0, 0.1) is 27.4 Å². The largest absolute Gasteiger partial charge is 0.384 e. The third-order valence-corrected chi connectivity index (χ3v) is 4.07. The van der Waals surface area contributed by atoms with Crippen molar-refractivity contribution >= 4 is 11.4 Å². The van der Waals surface area contributed by atoms with Crippen molar-refractivity contribution < 1.29 is 4.92 Å². The molecular formula is C15H20N4O2. The molecule has 0 atom stereocenters. The van der Waals surface area contributed by atoms with Gasteiger partial charge in [0.05, 0.1) is 16.2 Å². The highest BCUT2D eigenvalue weighted by molar-refractivity contribution is 5.61. The molecule has 6 heteroatoms. The van der Waals surface area contributed by atoms with E-state index in [1.165, 1.54) is 12.1 Å². The maximum Gasteiger partial charge on any atom is 0.270 e. The highest BCUT2D eigenvalue weighted by Gasteiger charge is 2.18. The topological polar surface area (TPSA) is 82.2 Å². The van der Waals surface area contributed by atoms with E-state index in [9.17, 15) is 10.1 Å². The number of nitriles is 1. The number of piperidine rings is 1. The Kier molecular flexibility index (Phi) is 5.12. The molecule has 21 heavy (non-hydrogen) atoms. The van der Waals surface area contributed by atoms with E-state index in [2.05, 4.69) is 17.1 Å². The first-order chi connectivity index (χ1) is 10.1. The van der Waals surface area contributed by atoms with E-state index in [4.69, 9.17) is 5.26 Å². The lowest BCUT2D eigenvalue weighted by atomic mass is 9.96. The van der Waals surface area contributed by atoms with Gasteiger partial charge in [0, 0.05) is 18.7 Å². The molecule has 6 nitrogen and oxygen atoms in total. The molecule has 1 fully saturated rings. The van der Waals surface area contributed by atoms with Crippen molar-refractivity contribution in [2.45, 2.75) is 19.8 Å². The maximum atomic E-state index is 10.7. The minimum atomic E-state index is -0.481. The molecule has 0 saturated carbocycles. The Bertz CT molecular complexity index is 545. The second-order valence-electron chi connectivity index (χ2n) is 5.36. The van der Waals surface area contributed by atoms with Crippen LogP contribution in [0.15, 0.2) is 18.2 Å². The lowest BCUT2D eigenvalue weighted by molar-refractivity contribution is -0.384. The van der Waals surface area contributed by atoms with Gasteiger partial charge in [-0.2, -0.15) is 5.26 Å². The summed E-state index contributed by atoms with van der Waals surface area (Å²) in [6, 6.07) is 6.40. The molecule has 1 saturated heterocycles. The summed E-state index contributed by atoms with van der Waals surface area (Å²) in [5.74, 6) is 0.592. The molecule has 1 heterocycles. The Hall–Kier alpha value is -2.13. The summed E-state index contributed by atoms with van der Waals surface area (Å²) in [5, 5.41) is 23.1. The molecule has 1 aromatic rings. The first kappa shape index (κ1) is 15.3. The summed E-state index contributed by atoms with van der Waals surface area (Å²) in [5.41, 5.74) is 0.963. The van der Waals surface area contributed by atoms with E-state index in [0.29, 0.717) is 17.2 Å². The minimum absolute atomic E-state index is 0.0478. The Morgan fingerprint density at radius 3 is 2.76 bits per heavy atom. The third kappa shape index (κ3) is 3.92. The van der Waals surface area contributed by atoms with Gasteiger partial charge in [-0.1, -0.05) is 6.92 Å². The van der Waals surface area contributed by atoms with Gasteiger partial charge in [-0.3, -0.25) is 10.1 Å². The number of hydrogen-bond donors (Lipinski definition) is 1. The molecule has 2 rings (SSSR count). The lowest BCUT2D eigenvalue weighted by Gasteiger charge is -2.31. The number of nitrogens with one attached hydrogen (secondary N) is 1. The van der Waals surface area contributed by atoms with Gasteiger partial charge in [-0.05, 0) is 44.5 Å². The third-order valence-electron chi connectivity index (χ3n) is 4.07. The number of nitrogens with zero attached hydrogens (tertiary/aromatic N) is 3. The number of non-ortho nitro benzene ring substituents is 1. The van der Waals surface area contributed by atoms with E-state index >= 15 is 0 Å². The summed E-state index contributed by atoms with van der Waals surface area (Å²) >= 11 is 0. The van der Waals surface area contributed by atoms with Gasteiger partial charge >= 0.3 is 0 Å². The minimum Gasteiger partial charge on any atom is -0.384 e. The average molecular weight is 288 g/mol. The van der Waals surface area contributed by atoms with Crippen LogP contribution < -0.4 is 5.32 Å². The van der Waals surface area contributed by atoms with Crippen LogP contribution in [0.5, 0.6) is 0 Å². The SMILES string of the molecule is CCN1CCC(CNc2ccc([N+](=O)[O-])cc2C#N)CC1. The van der Waals surface area contributed by atoms with Crippen molar-refractivity contribution in [2.75, 3.05) is 31.5 Å². The zero-order valence-electron chi connectivity index (χ0n) is 12.2. The molecule has 1 aromatic carbocycles. The number of nitro benzene ring substituents is 1. The summed E-state index contributed by atoms with van der Waals surface area (Å²) in [7, 11) is 0. The van der Waals surface area contributed by atoms with E-state index in [1.54, 1.807) is 6.07 Å². The van der Waals surface area contributed by atoms with Gasteiger partial charge in [0.2, 0.25) is 0 Å². The van der Waals surface area contributed by atoms with Gasteiger partial charge in [-0.15, -0.1) is 0 Å². The standard InChI is InChI=1S/C15H20N4O2/c1-2-18-7-5-12(6-8-18)11-17-15-4-3-14(19(20)21)9-13(15)10-16/h3-4,9,12,17H,2,5-8,11H2,1H3. The van der Waals surface area contributed by atoms with Crippen molar-refractivity contribution in [1.82, 2.24) is 4.90 Å². The van der Waals surface area contributed by atoms with E-state index in [-0.39, 0.29) is 5.69 Å². The highest BCUT2D eigenvalue weighted by atomic mass is 16.6. The van der Waals surface area contributed by atoms with Crippen molar-refractivity contribution in [3.63, 3.8) is 0 Å². The lowest BCUT2D eigenvalue weighted by Crippen LogP contribution is -2.35. The monoisotopic (exact) mass is 288 g/mol. The zero-order valence-corrected chi connectivity index (χ0v) is 12.2.